The maximum absolute atomic E-state index is 12.3. The number of nitrogens with one attached hydrogen (secondary N) is 1. The summed E-state index contributed by atoms with van der Waals surface area (Å²) in [7, 11) is 0. The molecule has 3 aromatic rings. The van der Waals surface area contributed by atoms with Crippen molar-refractivity contribution in [3.63, 3.8) is 0 Å². The Labute approximate surface area is 161 Å². The zero-order chi connectivity index (χ0) is 19.5. The van der Waals surface area contributed by atoms with Gasteiger partial charge in [0.25, 0.3) is 11.8 Å². The van der Waals surface area contributed by atoms with Gasteiger partial charge in [0.1, 0.15) is 0 Å². The third-order valence-corrected chi connectivity index (χ3v) is 4.67. The van der Waals surface area contributed by atoms with Gasteiger partial charge in [-0.2, -0.15) is 0 Å². The Balaban J connectivity index is 1.29. The molecule has 0 saturated heterocycles. The van der Waals surface area contributed by atoms with Crippen LogP contribution < -0.4 is 5.32 Å². The standard InChI is InChI=1S/C21H18N4O3/c26-19(9-11-25-20(27)17-3-1-2-4-18(17)21(25)28)23-13-15-5-7-16(8-6-15)24-12-10-22-14-24/h1-8,10,12,14H,9,11,13H2,(H,23,26). The van der Waals surface area contributed by atoms with Crippen molar-refractivity contribution < 1.29 is 14.4 Å². The zero-order valence-electron chi connectivity index (χ0n) is 15.0. The maximum Gasteiger partial charge on any atom is 0.261 e. The lowest BCUT2D eigenvalue weighted by molar-refractivity contribution is -0.121. The van der Waals surface area contributed by atoms with E-state index < -0.39 is 0 Å². The van der Waals surface area contributed by atoms with Gasteiger partial charge in [0.05, 0.1) is 17.5 Å². The number of hydrogen-bond acceptors (Lipinski definition) is 4. The summed E-state index contributed by atoms with van der Waals surface area (Å²) < 4.78 is 1.89. The fraction of sp³-hybridized carbons (Fsp3) is 0.143. The molecule has 0 fully saturated rings. The van der Waals surface area contributed by atoms with E-state index in [1.807, 2.05) is 35.0 Å². The van der Waals surface area contributed by atoms with Crippen molar-refractivity contribution >= 4 is 17.7 Å². The molecule has 1 aromatic heterocycles. The lowest BCUT2D eigenvalue weighted by atomic mass is 10.1. The summed E-state index contributed by atoms with van der Waals surface area (Å²) in [5.41, 5.74) is 2.73. The molecule has 0 spiro atoms. The molecule has 4 rings (SSSR count). The third-order valence-electron chi connectivity index (χ3n) is 4.67. The topological polar surface area (TPSA) is 84.3 Å². The van der Waals surface area contributed by atoms with Crippen LogP contribution in [0.4, 0.5) is 0 Å². The fourth-order valence-electron chi connectivity index (χ4n) is 3.14. The van der Waals surface area contributed by atoms with Crippen LogP contribution in [0, 0.1) is 0 Å². The van der Waals surface area contributed by atoms with Crippen LogP contribution in [-0.4, -0.2) is 38.7 Å². The Hall–Kier alpha value is -3.74. The van der Waals surface area contributed by atoms with Gasteiger partial charge in [-0.05, 0) is 29.8 Å². The average Bonchev–Trinajstić information content (AvgIpc) is 3.34. The molecule has 2 aromatic carbocycles. The minimum Gasteiger partial charge on any atom is -0.352 e. The van der Waals surface area contributed by atoms with Gasteiger partial charge in [0, 0.05) is 37.6 Å². The maximum atomic E-state index is 12.3. The quantitative estimate of drug-likeness (QED) is 0.670. The van der Waals surface area contributed by atoms with Crippen LogP contribution in [0.25, 0.3) is 5.69 Å². The number of rotatable bonds is 6. The second-order valence-corrected chi connectivity index (χ2v) is 6.47. The Bertz CT molecular complexity index is 991. The number of amides is 3. The first-order valence-corrected chi connectivity index (χ1v) is 8.92. The normalized spacial score (nSPS) is 12.9. The second kappa shape index (κ2) is 7.48. The minimum absolute atomic E-state index is 0.0672. The monoisotopic (exact) mass is 374 g/mol. The molecule has 7 nitrogen and oxygen atoms in total. The lowest BCUT2D eigenvalue weighted by Gasteiger charge is -2.13. The molecule has 0 unspecified atom stereocenters. The van der Waals surface area contributed by atoms with Crippen LogP contribution in [0.15, 0.2) is 67.3 Å². The molecule has 0 saturated carbocycles. The van der Waals surface area contributed by atoms with Crippen molar-refractivity contribution in [1.82, 2.24) is 19.8 Å². The van der Waals surface area contributed by atoms with Gasteiger partial charge in [-0.3, -0.25) is 19.3 Å². The molecule has 0 atom stereocenters. The Morgan fingerprint density at radius 3 is 2.25 bits per heavy atom. The molecule has 0 aliphatic carbocycles. The summed E-state index contributed by atoms with van der Waals surface area (Å²) in [6.45, 7) is 0.447. The van der Waals surface area contributed by atoms with E-state index in [9.17, 15) is 14.4 Å². The molecule has 1 aliphatic rings. The first kappa shape index (κ1) is 17.7. The summed E-state index contributed by atoms with van der Waals surface area (Å²) in [5.74, 6) is -0.901. The number of fused-ring (bicyclic) bond motifs is 1. The molecule has 1 aliphatic heterocycles. The molecular weight excluding hydrogens is 356 g/mol. The summed E-state index contributed by atoms with van der Waals surface area (Å²) in [6.07, 6.45) is 5.35. The van der Waals surface area contributed by atoms with Crippen molar-refractivity contribution in [2.75, 3.05) is 6.54 Å². The van der Waals surface area contributed by atoms with Gasteiger partial charge < -0.3 is 9.88 Å². The summed E-state index contributed by atoms with van der Waals surface area (Å²) in [5, 5.41) is 2.82. The predicted molar refractivity (Wildman–Crippen MR) is 102 cm³/mol. The number of imidazole rings is 1. The highest BCUT2D eigenvalue weighted by Crippen LogP contribution is 2.22. The van der Waals surface area contributed by atoms with E-state index in [0.717, 1.165) is 16.2 Å². The van der Waals surface area contributed by atoms with E-state index in [-0.39, 0.29) is 30.7 Å². The van der Waals surface area contributed by atoms with Gasteiger partial charge in [-0.15, -0.1) is 0 Å². The van der Waals surface area contributed by atoms with Crippen LogP contribution in [0.1, 0.15) is 32.7 Å². The number of carbonyl (C=O) groups is 3. The van der Waals surface area contributed by atoms with E-state index >= 15 is 0 Å². The number of benzene rings is 2. The third kappa shape index (κ3) is 3.42. The summed E-state index contributed by atoms with van der Waals surface area (Å²) >= 11 is 0. The fourth-order valence-corrected chi connectivity index (χ4v) is 3.14. The minimum atomic E-state index is -0.344. The van der Waals surface area contributed by atoms with Crippen LogP contribution in [-0.2, 0) is 11.3 Å². The van der Waals surface area contributed by atoms with Crippen molar-refractivity contribution in [3.05, 3.63) is 83.9 Å². The molecule has 7 heteroatoms. The van der Waals surface area contributed by atoms with Crippen molar-refractivity contribution in [2.24, 2.45) is 0 Å². The van der Waals surface area contributed by atoms with Crippen molar-refractivity contribution in [3.8, 4) is 5.69 Å². The van der Waals surface area contributed by atoms with Gasteiger partial charge >= 0.3 is 0 Å². The van der Waals surface area contributed by atoms with Gasteiger partial charge in [0.15, 0.2) is 0 Å². The number of aromatic nitrogens is 2. The highest BCUT2D eigenvalue weighted by molar-refractivity contribution is 6.21. The van der Waals surface area contributed by atoms with Crippen molar-refractivity contribution in [1.29, 1.82) is 0 Å². The van der Waals surface area contributed by atoms with Gasteiger partial charge in [-0.1, -0.05) is 24.3 Å². The van der Waals surface area contributed by atoms with Crippen LogP contribution in [0.5, 0.6) is 0 Å². The predicted octanol–water partition coefficient (Wildman–Crippen LogP) is 2.17. The van der Waals surface area contributed by atoms with E-state index in [4.69, 9.17) is 0 Å². The highest BCUT2D eigenvalue weighted by atomic mass is 16.2. The number of imide groups is 1. The number of hydrogen-bond donors (Lipinski definition) is 1. The highest BCUT2D eigenvalue weighted by Gasteiger charge is 2.34. The van der Waals surface area contributed by atoms with Gasteiger partial charge in [0.2, 0.25) is 5.91 Å². The molecular formula is C21H18N4O3. The molecule has 140 valence electrons. The number of carbonyl (C=O) groups excluding carboxylic acids is 3. The lowest BCUT2D eigenvalue weighted by Crippen LogP contribution is -2.34. The molecule has 3 amide bonds. The molecule has 2 heterocycles. The van der Waals surface area contributed by atoms with E-state index in [1.165, 1.54) is 0 Å². The Morgan fingerprint density at radius 1 is 0.964 bits per heavy atom. The smallest absolute Gasteiger partial charge is 0.261 e. The van der Waals surface area contributed by atoms with Crippen LogP contribution in [0.3, 0.4) is 0 Å². The number of nitrogens with zero attached hydrogens (tertiary/aromatic N) is 3. The Morgan fingerprint density at radius 2 is 1.64 bits per heavy atom. The first-order valence-electron chi connectivity index (χ1n) is 8.92. The largest absolute Gasteiger partial charge is 0.352 e. The first-order chi connectivity index (χ1) is 13.6. The molecule has 28 heavy (non-hydrogen) atoms. The summed E-state index contributed by atoms with van der Waals surface area (Å²) in [4.78, 5) is 41.9. The van der Waals surface area contributed by atoms with Crippen molar-refractivity contribution in [2.45, 2.75) is 13.0 Å². The van der Waals surface area contributed by atoms with E-state index in [1.54, 1.807) is 36.8 Å². The SMILES string of the molecule is O=C(CCN1C(=O)c2ccccc2C1=O)NCc1ccc(-n2ccnc2)cc1. The van der Waals surface area contributed by atoms with E-state index in [2.05, 4.69) is 10.3 Å². The summed E-state index contributed by atoms with van der Waals surface area (Å²) in [6, 6.07) is 14.5. The molecule has 1 N–H and O–H groups in total. The second-order valence-electron chi connectivity index (χ2n) is 6.47. The van der Waals surface area contributed by atoms with Crippen LogP contribution >= 0.6 is 0 Å². The molecule has 0 bridgehead atoms. The zero-order valence-corrected chi connectivity index (χ0v) is 15.0. The van der Waals surface area contributed by atoms with Gasteiger partial charge in [-0.25, -0.2) is 4.98 Å². The average molecular weight is 374 g/mol. The van der Waals surface area contributed by atoms with E-state index in [0.29, 0.717) is 17.7 Å². The van der Waals surface area contributed by atoms with Crippen LogP contribution in [0.2, 0.25) is 0 Å². The molecule has 0 radical (unpaired) electrons. The Kier molecular flexibility index (Phi) is 4.72.